The largest absolute Gasteiger partial charge is 0.497 e. The van der Waals surface area contributed by atoms with Crippen LogP contribution in [0.25, 0.3) is 5.69 Å². The summed E-state index contributed by atoms with van der Waals surface area (Å²) in [4.78, 5) is 0. The van der Waals surface area contributed by atoms with Crippen LogP contribution in [-0.2, 0) is 6.54 Å². The number of aromatic nitrogens is 2. The Morgan fingerprint density at radius 1 is 1.04 bits per heavy atom. The molecule has 1 aromatic heterocycles. The average molecular weight is 402 g/mol. The van der Waals surface area contributed by atoms with Crippen molar-refractivity contribution in [2.24, 2.45) is 0 Å². The predicted molar refractivity (Wildman–Crippen MR) is 101 cm³/mol. The van der Waals surface area contributed by atoms with Crippen LogP contribution in [0.15, 0.2) is 65.4 Å². The molecule has 1 heterocycles. The summed E-state index contributed by atoms with van der Waals surface area (Å²) in [5.74, 6) is 1.67. The Hall–Kier alpha value is -2.31. The lowest BCUT2D eigenvalue weighted by Crippen LogP contribution is -2.20. The molecule has 0 fully saturated rings. The SMILES string of the molecule is COc1ccc(OCCNCc2cnn(-c3ccc(Br)cc3)c2)cc1. The molecule has 1 N–H and O–H groups in total. The number of benzene rings is 2. The fourth-order valence-corrected chi connectivity index (χ4v) is 2.60. The highest BCUT2D eigenvalue weighted by Crippen LogP contribution is 2.17. The quantitative estimate of drug-likeness (QED) is 0.583. The smallest absolute Gasteiger partial charge is 0.119 e. The number of nitrogens with zero attached hydrogens (tertiary/aromatic N) is 2. The molecule has 3 rings (SSSR count). The van der Waals surface area contributed by atoms with E-state index in [2.05, 4.69) is 26.3 Å². The first-order chi connectivity index (χ1) is 12.2. The van der Waals surface area contributed by atoms with Crippen LogP contribution >= 0.6 is 15.9 Å². The molecule has 0 bridgehead atoms. The van der Waals surface area contributed by atoms with Crippen molar-refractivity contribution in [3.05, 3.63) is 71.0 Å². The van der Waals surface area contributed by atoms with E-state index in [1.54, 1.807) is 7.11 Å². The van der Waals surface area contributed by atoms with E-state index >= 15 is 0 Å². The molecule has 0 saturated carbocycles. The molecule has 6 heteroatoms. The Balaban J connectivity index is 1.41. The van der Waals surface area contributed by atoms with E-state index in [-0.39, 0.29) is 0 Å². The molecule has 0 aliphatic rings. The summed E-state index contributed by atoms with van der Waals surface area (Å²) in [6.45, 7) is 2.12. The molecule has 25 heavy (non-hydrogen) atoms. The molecule has 0 saturated heterocycles. The van der Waals surface area contributed by atoms with Gasteiger partial charge in [-0.2, -0.15) is 5.10 Å². The summed E-state index contributed by atoms with van der Waals surface area (Å²) in [6, 6.07) is 15.6. The van der Waals surface area contributed by atoms with Crippen LogP contribution in [0.4, 0.5) is 0 Å². The van der Waals surface area contributed by atoms with Gasteiger partial charge in [-0.15, -0.1) is 0 Å². The highest BCUT2D eigenvalue weighted by Gasteiger charge is 2.01. The second kappa shape index (κ2) is 8.69. The zero-order valence-corrected chi connectivity index (χ0v) is 15.6. The van der Waals surface area contributed by atoms with E-state index in [0.717, 1.165) is 40.3 Å². The molecule has 0 unspecified atom stereocenters. The standard InChI is InChI=1S/C19H20BrN3O2/c1-24-18-6-8-19(9-7-18)25-11-10-21-12-15-13-22-23(14-15)17-4-2-16(20)3-5-17/h2-9,13-14,21H,10-12H2,1H3. The monoisotopic (exact) mass is 401 g/mol. The average Bonchev–Trinajstić information content (AvgIpc) is 3.11. The van der Waals surface area contributed by atoms with Crippen LogP contribution in [0.3, 0.4) is 0 Å². The molecule has 0 spiro atoms. The van der Waals surface area contributed by atoms with E-state index in [1.165, 1.54) is 0 Å². The second-order valence-corrected chi connectivity index (χ2v) is 6.39. The topological polar surface area (TPSA) is 48.3 Å². The fourth-order valence-electron chi connectivity index (χ4n) is 2.33. The lowest BCUT2D eigenvalue weighted by molar-refractivity contribution is 0.313. The van der Waals surface area contributed by atoms with Gasteiger partial charge in [0.1, 0.15) is 18.1 Å². The van der Waals surface area contributed by atoms with Crippen molar-refractivity contribution in [2.75, 3.05) is 20.3 Å². The van der Waals surface area contributed by atoms with E-state index in [9.17, 15) is 0 Å². The number of hydrogen-bond donors (Lipinski definition) is 1. The maximum Gasteiger partial charge on any atom is 0.119 e. The first-order valence-corrected chi connectivity index (χ1v) is 8.81. The molecule has 0 amide bonds. The molecule has 0 radical (unpaired) electrons. The summed E-state index contributed by atoms with van der Waals surface area (Å²) < 4.78 is 13.7. The normalized spacial score (nSPS) is 10.6. The van der Waals surface area contributed by atoms with E-state index < -0.39 is 0 Å². The number of nitrogens with one attached hydrogen (secondary N) is 1. The highest BCUT2D eigenvalue weighted by molar-refractivity contribution is 9.10. The van der Waals surface area contributed by atoms with Crippen LogP contribution in [-0.4, -0.2) is 30.0 Å². The minimum atomic E-state index is 0.604. The van der Waals surface area contributed by atoms with Crippen LogP contribution in [0.1, 0.15) is 5.56 Å². The molecule has 130 valence electrons. The van der Waals surface area contributed by atoms with Gasteiger partial charge in [0.05, 0.1) is 19.0 Å². The molecular formula is C19H20BrN3O2. The minimum Gasteiger partial charge on any atom is -0.497 e. The molecule has 0 atom stereocenters. The summed E-state index contributed by atoms with van der Waals surface area (Å²) >= 11 is 3.44. The third-order valence-corrected chi connectivity index (χ3v) is 4.19. The lowest BCUT2D eigenvalue weighted by atomic mass is 10.3. The fraction of sp³-hybridized carbons (Fsp3) is 0.211. The van der Waals surface area contributed by atoms with Crippen molar-refractivity contribution in [3.63, 3.8) is 0 Å². The van der Waals surface area contributed by atoms with Crippen LogP contribution in [0, 0.1) is 0 Å². The Morgan fingerprint density at radius 2 is 1.76 bits per heavy atom. The van der Waals surface area contributed by atoms with E-state index in [4.69, 9.17) is 9.47 Å². The molecular weight excluding hydrogens is 382 g/mol. The maximum absolute atomic E-state index is 5.69. The Bertz CT molecular complexity index is 785. The minimum absolute atomic E-state index is 0.604. The van der Waals surface area contributed by atoms with Crippen LogP contribution < -0.4 is 14.8 Å². The first kappa shape index (κ1) is 17.5. The van der Waals surface area contributed by atoms with Crippen molar-refractivity contribution in [1.82, 2.24) is 15.1 Å². The van der Waals surface area contributed by atoms with Gasteiger partial charge < -0.3 is 14.8 Å². The predicted octanol–water partition coefficient (Wildman–Crippen LogP) is 3.81. The van der Waals surface area contributed by atoms with Gasteiger partial charge >= 0.3 is 0 Å². The zero-order chi connectivity index (χ0) is 17.5. The van der Waals surface area contributed by atoms with E-state index in [0.29, 0.717) is 6.61 Å². The van der Waals surface area contributed by atoms with Crippen molar-refractivity contribution in [1.29, 1.82) is 0 Å². The van der Waals surface area contributed by atoms with Gasteiger partial charge in [-0.3, -0.25) is 0 Å². The van der Waals surface area contributed by atoms with Gasteiger partial charge in [0.25, 0.3) is 0 Å². The summed E-state index contributed by atoms with van der Waals surface area (Å²) in [5.41, 5.74) is 2.17. The number of halogens is 1. The Morgan fingerprint density at radius 3 is 2.48 bits per heavy atom. The third-order valence-electron chi connectivity index (χ3n) is 3.66. The van der Waals surface area contributed by atoms with Crippen molar-refractivity contribution in [2.45, 2.75) is 6.54 Å². The van der Waals surface area contributed by atoms with Crippen molar-refractivity contribution in [3.8, 4) is 17.2 Å². The van der Waals surface area contributed by atoms with Crippen molar-refractivity contribution < 1.29 is 9.47 Å². The second-order valence-electron chi connectivity index (χ2n) is 5.47. The van der Waals surface area contributed by atoms with Gasteiger partial charge in [0.15, 0.2) is 0 Å². The van der Waals surface area contributed by atoms with Crippen LogP contribution in [0.2, 0.25) is 0 Å². The Labute approximate surface area is 155 Å². The highest BCUT2D eigenvalue weighted by atomic mass is 79.9. The zero-order valence-electron chi connectivity index (χ0n) is 14.0. The van der Waals surface area contributed by atoms with Gasteiger partial charge in [-0.25, -0.2) is 4.68 Å². The van der Waals surface area contributed by atoms with Gasteiger partial charge in [-0.05, 0) is 48.5 Å². The number of methoxy groups -OCH3 is 1. The Kier molecular flexibility index (Phi) is 6.09. The van der Waals surface area contributed by atoms with Gasteiger partial charge in [0.2, 0.25) is 0 Å². The number of ether oxygens (including phenoxy) is 2. The molecule has 0 aliphatic carbocycles. The summed E-state index contributed by atoms with van der Waals surface area (Å²) in [5, 5.41) is 7.76. The van der Waals surface area contributed by atoms with Crippen molar-refractivity contribution >= 4 is 15.9 Å². The lowest BCUT2D eigenvalue weighted by Gasteiger charge is -2.07. The van der Waals surface area contributed by atoms with Gasteiger partial charge in [-0.1, -0.05) is 15.9 Å². The summed E-state index contributed by atoms with van der Waals surface area (Å²) in [6.07, 6.45) is 3.90. The molecule has 5 nitrogen and oxygen atoms in total. The maximum atomic E-state index is 5.69. The molecule has 2 aromatic carbocycles. The third kappa shape index (κ3) is 5.08. The number of rotatable bonds is 8. The van der Waals surface area contributed by atoms with E-state index in [1.807, 2.05) is 65.6 Å². The van der Waals surface area contributed by atoms with Gasteiger partial charge in [0, 0.05) is 29.3 Å². The summed E-state index contributed by atoms with van der Waals surface area (Å²) in [7, 11) is 1.65. The molecule has 3 aromatic rings. The van der Waals surface area contributed by atoms with Crippen LogP contribution in [0.5, 0.6) is 11.5 Å². The molecule has 0 aliphatic heterocycles. The number of hydrogen-bond acceptors (Lipinski definition) is 4. The first-order valence-electron chi connectivity index (χ1n) is 8.01.